The summed E-state index contributed by atoms with van der Waals surface area (Å²) in [6, 6.07) is 8.61. The van der Waals surface area contributed by atoms with E-state index in [1.807, 2.05) is 6.07 Å². The number of hydrogen-bond donors (Lipinski definition) is 1. The third-order valence-electron chi connectivity index (χ3n) is 5.13. The van der Waals surface area contributed by atoms with Crippen LogP contribution >= 0.6 is 0 Å². The quantitative estimate of drug-likeness (QED) is 0.208. The number of aliphatic carboxylic acids is 4. The van der Waals surface area contributed by atoms with E-state index in [-0.39, 0.29) is 32.7 Å². The molecular weight excluding hydrogens is 490 g/mol. The standard InChI is InChI=1S/C23H29N5O9/c29-19(25-17-3-4-18-16(10-17)2-1-5-24-18)11-27(13-21(32)33)8-6-26(12-20(30)31)7-9-28(14-22(34)35)15-23(36)37/h1-5,10H,6-9,11-15H2,(H,25,29)(H,30,31)(H,32,33)(H,34,35)(H,36,37)/p-4. The molecule has 200 valence electrons. The Labute approximate surface area is 211 Å². The molecule has 14 heteroatoms. The van der Waals surface area contributed by atoms with Gasteiger partial charge in [0.1, 0.15) is 0 Å². The number of fused-ring (bicyclic) bond motifs is 1. The van der Waals surface area contributed by atoms with Gasteiger partial charge in [0, 0.05) is 69.6 Å². The summed E-state index contributed by atoms with van der Waals surface area (Å²) < 4.78 is 0. The lowest BCUT2D eigenvalue weighted by atomic mass is 10.2. The zero-order valence-electron chi connectivity index (χ0n) is 19.8. The number of benzene rings is 1. The number of carbonyl (C=O) groups is 5. The number of nitrogens with one attached hydrogen (secondary N) is 1. The molecule has 0 atom stereocenters. The molecule has 0 saturated carbocycles. The largest absolute Gasteiger partial charge is 0.549 e. The fourth-order valence-electron chi connectivity index (χ4n) is 3.55. The molecule has 2 aromatic rings. The molecule has 1 heterocycles. The number of pyridine rings is 1. The molecule has 37 heavy (non-hydrogen) atoms. The summed E-state index contributed by atoms with van der Waals surface area (Å²) in [5, 5.41) is 47.5. The van der Waals surface area contributed by atoms with Gasteiger partial charge in [-0.1, -0.05) is 6.07 Å². The van der Waals surface area contributed by atoms with Crippen molar-refractivity contribution < 1.29 is 44.4 Å². The van der Waals surface area contributed by atoms with Gasteiger partial charge in [-0.05, 0) is 24.3 Å². The second-order valence-corrected chi connectivity index (χ2v) is 8.14. The predicted octanol–water partition coefficient (Wildman–Crippen LogP) is -5.92. The molecule has 0 radical (unpaired) electrons. The summed E-state index contributed by atoms with van der Waals surface area (Å²) in [7, 11) is 0. The van der Waals surface area contributed by atoms with Gasteiger partial charge >= 0.3 is 0 Å². The van der Waals surface area contributed by atoms with Gasteiger partial charge in [-0.2, -0.15) is 0 Å². The highest BCUT2D eigenvalue weighted by molar-refractivity contribution is 5.94. The Bertz CT molecular complexity index is 1110. The van der Waals surface area contributed by atoms with Crippen molar-refractivity contribution in [2.45, 2.75) is 0 Å². The summed E-state index contributed by atoms with van der Waals surface area (Å²) in [5.41, 5.74) is 1.20. The molecule has 0 unspecified atom stereocenters. The van der Waals surface area contributed by atoms with Crippen LogP contribution in [0, 0.1) is 0 Å². The van der Waals surface area contributed by atoms with E-state index in [0.29, 0.717) is 5.69 Å². The Hall–Kier alpha value is -4.14. The molecule has 1 aromatic heterocycles. The summed E-state index contributed by atoms with van der Waals surface area (Å²) >= 11 is 0. The summed E-state index contributed by atoms with van der Waals surface area (Å²) in [5.74, 6) is -6.49. The molecule has 0 aliphatic heterocycles. The van der Waals surface area contributed by atoms with Crippen LogP contribution in [-0.2, 0) is 24.0 Å². The predicted molar refractivity (Wildman–Crippen MR) is 120 cm³/mol. The molecule has 1 N–H and O–H groups in total. The molecule has 1 amide bonds. The van der Waals surface area contributed by atoms with E-state index in [4.69, 9.17) is 0 Å². The van der Waals surface area contributed by atoms with E-state index in [0.717, 1.165) is 15.8 Å². The third kappa shape index (κ3) is 11.4. The van der Waals surface area contributed by atoms with Crippen LogP contribution in [0.4, 0.5) is 5.69 Å². The van der Waals surface area contributed by atoms with E-state index in [9.17, 15) is 44.4 Å². The zero-order chi connectivity index (χ0) is 27.4. The zero-order valence-corrected chi connectivity index (χ0v) is 19.8. The average molecular weight is 515 g/mol. The van der Waals surface area contributed by atoms with E-state index in [1.165, 1.54) is 9.80 Å². The van der Waals surface area contributed by atoms with Crippen molar-refractivity contribution in [2.24, 2.45) is 0 Å². The van der Waals surface area contributed by atoms with Gasteiger partial charge in [-0.15, -0.1) is 0 Å². The summed E-state index contributed by atoms with van der Waals surface area (Å²) in [6.45, 7) is -3.36. The van der Waals surface area contributed by atoms with E-state index < -0.39 is 56.0 Å². The molecule has 0 saturated heterocycles. The van der Waals surface area contributed by atoms with Crippen LogP contribution in [0.3, 0.4) is 0 Å². The normalized spacial score (nSPS) is 11.2. The van der Waals surface area contributed by atoms with Crippen molar-refractivity contribution in [1.82, 2.24) is 19.7 Å². The first-order valence-electron chi connectivity index (χ1n) is 11.1. The van der Waals surface area contributed by atoms with Crippen molar-refractivity contribution in [2.75, 3.05) is 64.2 Å². The minimum Gasteiger partial charge on any atom is -0.549 e. The van der Waals surface area contributed by atoms with Crippen molar-refractivity contribution in [1.29, 1.82) is 0 Å². The van der Waals surface area contributed by atoms with Gasteiger partial charge in [0.25, 0.3) is 0 Å². The highest BCUT2D eigenvalue weighted by Crippen LogP contribution is 2.16. The Kier molecular flexibility index (Phi) is 11.3. The smallest absolute Gasteiger partial charge is 0.238 e. The number of aromatic nitrogens is 1. The van der Waals surface area contributed by atoms with Gasteiger partial charge < -0.3 is 44.9 Å². The molecule has 2 rings (SSSR count). The molecule has 0 aliphatic carbocycles. The van der Waals surface area contributed by atoms with Crippen molar-refractivity contribution in [3.05, 3.63) is 36.5 Å². The lowest BCUT2D eigenvalue weighted by Gasteiger charge is -2.30. The maximum atomic E-state index is 12.6. The van der Waals surface area contributed by atoms with Crippen LogP contribution in [0.5, 0.6) is 0 Å². The molecule has 0 spiro atoms. The fraction of sp³-hybridized carbons (Fsp3) is 0.391. The number of carboxylic acid groups (broad SMARTS) is 4. The summed E-state index contributed by atoms with van der Waals surface area (Å²) in [6.07, 6.45) is 1.63. The molecule has 0 bridgehead atoms. The number of amides is 1. The van der Waals surface area contributed by atoms with Crippen molar-refractivity contribution in [3.63, 3.8) is 0 Å². The number of rotatable bonds is 17. The highest BCUT2D eigenvalue weighted by atomic mass is 16.4. The molecular formula is C23H25N5O9-4. The maximum absolute atomic E-state index is 12.6. The molecule has 1 aromatic carbocycles. The van der Waals surface area contributed by atoms with Gasteiger partial charge in [0.05, 0.1) is 35.9 Å². The monoisotopic (exact) mass is 515 g/mol. The van der Waals surface area contributed by atoms with Gasteiger partial charge in [0.15, 0.2) is 0 Å². The Balaban J connectivity index is 2.00. The van der Waals surface area contributed by atoms with Crippen LogP contribution in [0.1, 0.15) is 0 Å². The first kappa shape index (κ1) is 29.1. The van der Waals surface area contributed by atoms with E-state index in [1.54, 1.807) is 30.5 Å². The number of anilines is 1. The Morgan fingerprint density at radius 2 is 1.16 bits per heavy atom. The van der Waals surface area contributed by atoms with Crippen LogP contribution < -0.4 is 25.7 Å². The molecule has 14 nitrogen and oxygen atoms in total. The van der Waals surface area contributed by atoms with E-state index >= 15 is 0 Å². The van der Waals surface area contributed by atoms with Crippen LogP contribution in [0.2, 0.25) is 0 Å². The lowest BCUT2D eigenvalue weighted by Crippen LogP contribution is -2.50. The van der Waals surface area contributed by atoms with Crippen LogP contribution in [-0.4, -0.2) is 108 Å². The topological polar surface area (TPSA) is 212 Å². The van der Waals surface area contributed by atoms with Crippen molar-refractivity contribution >= 4 is 46.4 Å². The Morgan fingerprint density at radius 3 is 1.70 bits per heavy atom. The Morgan fingerprint density at radius 1 is 0.676 bits per heavy atom. The maximum Gasteiger partial charge on any atom is 0.238 e. The van der Waals surface area contributed by atoms with Crippen molar-refractivity contribution in [3.8, 4) is 0 Å². The number of carbonyl (C=O) groups excluding carboxylic acids is 5. The van der Waals surface area contributed by atoms with Gasteiger partial charge in [-0.25, -0.2) is 0 Å². The highest BCUT2D eigenvalue weighted by Gasteiger charge is 2.16. The minimum atomic E-state index is -1.53. The average Bonchev–Trinajstić information content (AvgIpc) is 2.79. The second kappa shape index (κ2) is 14.4. The fourth-order valence-corrected chi connectivity index (χ4v) is 3.55. The lowest BCUT2D eigenvalue weighted by molar-refractivity contribution is -0.311. The molecule has 0 aliphatic rings. The SMILES string of the molecule is O=C([O-])CN(CCN(CC(=O)[O-])CC(=O)[O-])CCN(CC(=O)[O-])CC(=O)Nc1ccc2ncccc2c1. The molecule has 0 fully saturated rings. The number of carboxylic acids is 4. The van der Waals surface area contributed by atoms with Gasteiger partial charge in [-0.3, -0.25) is 24.5 Å². The van der Waals surface area contributed by atoms with Crippen LogP contribution in [0.15, 0.2) is 36.5 Å². The third-order valence-corrected chi connectivity index (χ3v) is 5.13. The van der Waals surface area contributed by atoms with Crippen LogP contribution in [0.25, 0.3) is 10.9 Å². The van der Waals surface area contributed by atoms with Gasteiger partial charge in [0.2, 0.25) is 5.91 Å². The summed E-state index contributed by atoms with van der Waals surface area (Å²) in [4.78, 5) is 64.3. The first-order chi connectivity index (χ1) is 17.5. The first-order valence-corrected chi connectivity index (χ1v) is 11.1. The van der Waals surface area contributed by atoms with E-state index in [2.05, 4.69) is 10.3 Å². The number of hydrogen-bond acceptors (Lipinski definition) is 13. The minimum absolute atomic E-state index is 0.0549. The second-order valence-electron chi connectivity index (χ2n) is 8.14. The number of nitrogens with zero attached hydrogens (tertiary/aromatic N) is 4.